The molecule has 0 aliphatic rings. The standard InChI is InChI=1S/C14H19BrN2O3/c1-20-9-8-16-14(19)10-17-13(18)7-6-11-4-2-3-5-12(11)15/h2-5H,6-10H2,1H3,(H,16,19)(H,17,18). The number of benzene rings is 1. The molecule has 1 rings (SSSR count). The first-order chi connectivity index (χ1) is 9.63. The number of rotatable bonds is 8. The molecule has 1 aromatic rings. The third-order valence-electron chi connectivity index (χ3n) is 2.65. The first-order valence-electron chi connectivity index (χ1n) is 6.39. The lowest BCUT2D eigenvalue weighted by Crippen LogP contribution is -2.38. The molecule has 0 saturated carbocycles. The van der Waals surface area contributed by atoms with Gasteiger partial charge in [0.25, 0.3) is 0 Å². The molecule has 0 heterocycles. The molecule has 110 valence electrons. The van der Waals surface area contributed by atoms with Crippen LogP contribution in [0.3, 0.4) is 0 Å². The van der Waals surface area contributed by atoms with Crippen molar-refractivity contribution >= 4 is 27.7 Å². The van der Waals surface area contributed by atoms with Crippen LogP contribution in [0.25, 0.3) is 0 Å². The van der Waals surface area contributed by atoms with Crippen molar-refractivity contribution in [2.45, 2.75) is 12.8 Å². The van der Waals surface area contributed by atoms with E-state index in [1.807, 2.05) is 24.3 Å². The Labute approximate surface area is 127 Å². The summed E-state index contributed by atoms with van der Waals surface area (Å²) in [5.74, 6) is -0.348. The van der Waals surface area contributed by atoms with E-state index in [1.165, 1.54) is 0 Å². The maximum atomic E-state index is 11.6. The summed E-state index contributed by atoms with van der Waals surface area (Å²) in [6.07, 6.45) is 0.993. The zero-order chi connectivity index (χ0) is 14.8. The molecule has 0 bridgehead atoms. The Morgan fingerprint density at radius 3 is 2.65 bits per heavy atom. The molecule has 6 heteroatoms. The van der Waals surface area contributed by atoms with Crippen molar-refractivity contribution in [3.63, 3.8) is 0 Å². The zero-order valence-electron chi connectivity index (χ0n) is 11.4. The Kier molecular flexibility index (Phi) is 7.91. The van der Waals surface area contributed by atoms with E-state index in [0.717, 1.165) is 10.0 Å². The molecule has 0 aliphatic carbocycles. The van der Waals surface area contributed by atoms with Gasteiger partial charge in [-0.3, -0.25) is 9.59 Å². The molecule has 0 unspecified atom stereocenters. The van der Waals surface area contributed by atoms with Crippen LogP contribution in [0.15, 0.2) is 28.7 Å². The third kappa shape index (κ3) is 6.68. The van der Waals surface area contributed by atoms with Gasteiger partial charge in [-0.1, -0.05) is 34.1 Å². The van der Waals surface area contributed by atoms with Crippen LogP contribution in [0, 0.1) is 0 Å². The Balaban J connectivity index is 2.21. The van der Waals surface area contributed by atoms with Crippen LogP contribution in [0.5, 0.6) is 0 Å². The normalized spacial score (nSPS) is 10.1. The summed E-state index contributed by atoms with van der Waals surface area (Å²) in [5, 5.41) is 5.23. The second kappa shape index (κ2) is 9.50. The van der Waals surface area contributed by atoms with Gasteiger partial charge < -0.3 is 15.4 Å². The summed E-state index contributed by atoms with van der Waals surface area (Å²) in [6.45, 7) is 0.905. The van der Waals surface area contributed by atoms with Crippen molar-refractivity contribution in [1.29, 1.82) is 0 Å². The van der Waals surface area contributed by atoms with Crippen LogP contribution in [0.1, 0.15) is 12.0 Å². The molecule has 0 spiro atoms. The van der Waals surface area contributed by atoms with Crippen LogP contribution >= 0.6 is 15.9 Å². The third-order valence-corrected chi connectivity index (χ3v) is 3.43. The van der Waals surface area contributed by atoms with E-state index < -0.39 is 0 Å². The topological polar surface area (TPSA) is 67.4 Å². The first-order valence-corrected chi connectivity index (χ1v) is 7.18. The molecule has 0 saturated heterocycles. The molecule has 2 N–H and O–H groups in total. The number of carbonyl (C=O) groups is 2. The van der Waals surface area contributed by atoms with Crippen molar-refractivity contribution in [3.8, 4) is 0 Å². The van der Waals surface area contributed by atoms with E-state index in [4.69, 9.17) is 4.74 Å². The number of ether oxygens (including phenoxy) is 1. The largest absolute Gasteiger partial charge is 0.383 e. The highest BCUT2D eigenvalue weighted by Gasteiger charge is 2.06. The number of hydrogen-bond donors (Lipinski definition) is 2. The summed E-state index contributed by atoms with van der Waals surface area (Å²) in [4.78, 5) is 23.0. The first kappa shape index (κ1) is 16.7. The van der Waals surface area contributed by atoms with Gasteiger partial charge in [-0.25, -0.2) is 0 Å². The maximum absolute atomic E-state index is 11.6. The van der Waals surface area contributed by atoms with Gasteiger partial charge in [0.2, 0.25) is 11.8 Å². The van der Waals surface area contributed by atoms with E-state index >= 15 is 0 Å². The highest BCUT2D eigenvalue weighted by Crippen LogP contribution is 2.17. The Bertz CT molecular complexity index is 452. The Hall–Kier alpha value is -1.40. The van der Waals surface area contributed by atoms with Crippen LogP contribution in [0.2, 0.25) is 0 Å². The molecule has 0 atom stereocenters. The fraction of sp³-hybridized carbons (Fsp3) is 0.429. The minimum atomic E-state index is -0.212. The van der Waals surface area contributed by atoms with E-state index in [9.17, 15) is 9.59 Å². The SMILES string of the molecule is COCCNC(=O)CNC(=O)CCc1ccccc1Br. The quantitative estimate of drug-likeness (QED) is 0.699. The molecule has 20 heavy (non-hydrogen) atoms. The van der Waals surface area contributed by atoms with Gasteiger partial charge in [0, 0.05) is 24.5 Å². The van der Waals surface area contributed by atoms with Crippen LogP contribution < -0.4 is 10.6 Å². The monoisotopic (exact) mass is 342 g/mol. The number of methoxy groups -OCH3 is 1. The van der Waals surface area contributed by atoms with E-state index in [1.54, 1.807) is 7.11 Å². The van der Waals surface area contributed by atoms with Gasteiger partial charge in [-0.2, -0.15) is 0 Å². The molecular formula is C14H19BrN2O3. The second-order valence-corrected chi connectivity index (χ2v) is 5.07. The number of amides is 2. The smallest absolute Gasteiger partial charge is 0.239 e. The predicted octanol–water partition coefficient (Wildman–Crippen LogP) is 1.26. The molecular weight excluding hydrogens is 324 g/mol. The van der Waals surface area contributed by atoms with Crippen molar-refractivity contribution in [2.24, 2.45) is 0 Å². The van der Waals surface area contributed by atoms with Gasteiger partial charge in [0.05, 0.1) is 13.2 Å². The second-order valence-electron chi connectivity index (χ2n) is 4.21. The van der Waals surface area contributed by atoms with E-state index in [0.29, 0.717) is 26.0 Å². The van der Waals surface area contributed by atoms with Crippen molar-refractivity contribution < 1.29 is 14.3 Å². The number of nitrogens with one attached hydrogen (secondary N) is 2. The van der Waals surface area contributed by atoms with Crippen LogP contribution in [-0.4, -0.2) is 38.6 Å². The summed E-state index contributed by atoms with van der Waals surface area (Å²) < 4.78 is 5.80. The molecule has 5 nitrogen and oxygen atoms in total. The summed E-state index contributed by atoms with van der Waals surface area (Å²) in [7, 11) is 1.57. The number of carbonyl (C=O) groups excluding carboxylic acids is 2. The molecule has 0 radical (unpaired) electrons. The van der Waals surface area contributed by atoms with Gasteiger partial charge >= 0.3 is 0 Å². The molecule has 1 aromatic carbocycles. The van der Waals surface area contributed by atoms with Crippen LogP contribution in [0.4, 0.5) is 0 Å². The minimum absolute atomic E-state index is 0.00148. The lowest BCUT2D eigenvalue weighted by molar-refractivity contribution is -0.126. The summed E-state index contributed by atoms with van der Waals surface area (Å²) in [5.41, 5.74) is 1.08. The van der Waals surface area contributed by atoms with Gasteiger partial charge in [-0.15, -0.1) is 0 Å². The highest BCUT2D eigenvalue weighted by molar-refractivity contribution is 9.10. The molecule has 0 aliphatic heterocycles. The lowest BCUT2D eigenvalue weighted by atomic mass is 10.1. The number of aryl methyl sites for hydroxylation is 1. The molecule has 0 aromatic heterocycles. The number of halogens is 1. The maximum Gasteiger partial charge on any atom is 0.239 e. The van der Waals surface area contributed by atoms with Gasteiger partial charge in [0.1, 0.15) is 0 Å². The van der Waals surface area contributed by atoms with E-state index in [2.05, 4.69) is 26.6 Å². The molecule has 2 amide bonds. The average molecular weight is 343 g/mol. The average Bonchev–Trinajstić information content (AvgIpc) is 2.44. The number of hydrogen-bond acceptors (Lipinski definition) is 3. The Morgan fingerprint density at radius 1 is 1.20 bits per heavy atom. The molecule has 0 fully saturated rings. The lowest BCUT2D eigenvalue weighted by Gasteiger charge is -2.07. The minimum Gasteiger partial charge on any atom is -0.383 e. The van der Waals surface area contributed by atoms with Crippen molar-refractivity contribution in [2.75, 3.05) is 26.8 Å². The Morgan fingerprint density at radius 2 is 1.95 bits per heavy atom. The van der Waals surface area contributed by atoms with Gasteiger partial charge in [0.15, 0.2) is 0 Å². The van der Waals surface area contributed by atoms with Gasteiger partial charge in [-0.05, 0) is 18.1 Å². The van der Waals surface area contributed by atoms with Crippen molar-refractivity contribution in [3.05, 3.63) is 34.3 Å². The fourth-order valence-electron chi connectivity index (χ4n) is 1.57. The van der Waals surface area contributed by atoms with E-state index in [-0.39, 0.29) is 18.4 Å². The predicted molar refractivity (Wildman–Crippen MR) is 80.4 cm³/mol. The zero-order valence-corrected chi connectivity index (χ0v) is 13.0. The van der Waals surface area contributed by atoms with Crippen LogP contribution in [-0.2, 0) is 20.7 Å². The summed E-state index contributed by atoms with van der Waals surface area (Å²) in [6, 6.07) is 7.77. The highest BCUT2D eigenvalue weighted by atomic mass is 79.9. The fourth-order valence-corrected chi connectivity index (χ4v) is 2.05. The summed E-state index contributed by atoms with van der Waals surface area (Å²) >= 11 is 3.44. The van der Waals surface area contributed by atoms with Crippen molar-refractivity contribution in [1.82, 2.24) is 10.6 Å².